The van der Waals surface area contributed by atoms with Crippen molar-refractivity contribution in [2.75, 3.05) is 20.2 Å². The fourth-order valence-electron chi connectivity index (χ4n) is 5.00. The van der Waals surface area contributed by atoms with E-state index >= 15 is 0 Å². The topological polar surface area (TPSA) is 45.6 Å². The van der Waals surface area contributed by atoms with Crippen molar-refractivity contribution in [1.82, 2.24) is 9.88 Å². The first kappa shape index (κ1) is 19.1. The van der Waals surface area contributed by atoms with Crippen LogP contribution in [-0.2, 0) is 0 Å². The molecule has 4 heterocycles. The van der Waals surface area contributed by atoms with Gasteiger partial charge in [0.15, 0.2) is 0 Å². The summed E-state index contributed by atoms with van der Waals surface area (Å²) in [5, 5.41) is 12.3. The maximum atomic E-state index is 11.4. The third kappa shape index (κ3) is 3.56. The fraction of sp³-hybridized carbons (Fsp3) is 0.346. The van der Waals surface area contributed by atoms with Gasteiger partial charge in [-0.15, -0.1) is 0 Å². The number of hydrogen-bond donors (Lipinski definition) is 1. The number of rotatable bonds is 3. The van der Waals surface area contributed by atoms with Crippen LogP contribution in [0.1, 0.15) is 30.1 Å². The van der Waals surface area contributed by atoms with Gasteiger partial charge >= 0.3 is 0 Å². The molecule has 1 unspecified atom stereocenters. The summed E-state index contributed by atoms with van der Waals surface area (Å²) in [6.45, 7) is 1.96. The van der Waals surface area contributed by atoms with Crippen molar-refractivity contribution in [3.8, 4) is 17.6 Å². The molecule has 3 aliphatic heterocycles. The summed E-state index contributed by atoms with van der Waals surface area (Å²) in [4.78, 5) is 6.89. The van der Waals surface area contributed by atoms with E-state index in [0.717, 1.165) is 53.7 Å². The molecule has 3 aromatic rings. The van der Waals surface area contributed by atoms with E-state index in [1.807, 2.05) is 42.5 Å². The molecule has 0 saturated carbocycles. The average Bonchev–Trinajstić information content (AvgIpc) is 2.82. The molecule has 4 nitrogen and oxygen atoms in total. The standard InChI is InChI=1S/C26H26N2O2/c1-30-21-9-10-24-23(16-21)22(11-13-27-24)26(29)25-15-19-12-14-28(25)17-20(19)8-7-18-5-3-2-4-6-18/h2-6,9-11,13,16,19-20,25-26,29H,12,14-15,17H2,1H3/t19-,20-,25+,26-/m0/s1. The van der Waals surface area contributed by atoms with Crippen LogP contribution in [0.25, 0.3) is 10.9 Å². The van der Waals surface area contributed by atoms with E-state index in [1.54, 1.807) is 13.3 Å². The van der Waals surface area contributed by atoms with E-state index in [2.05, 4.69) is 33.9 Å². The first-order valence-electron chi connectivity index (χ1n) is 10.6. The van der Waals surface area contributed by atoms with Gasteiger partial charge in [0, 0.05) is 35.7 Å². The summed E-state index contributed by atoms with van der Waals surface area (Å²) in [6.07, 6.45) is 3.37. The van der Waals surface area contributed by atoms with Crippen molar-refractivity contribution in [1.29, 1.82) is 0 Å². The quantitative estimate of drug-likeness (QED) is 0.677. The number of aliphatic hydroxyl groups is 1. The summed E-state index contributed by atoms with van der Waals surface area (Å²) in [7, 11) is 1.66. The number of hydrogen-bond acceptors (Lipinski definition) is 4. The smallest absolute Gasteiger partial charge is 0.119 e. The van der Waals surface area contributed by atoms with Crippen LogP contribution in [0.15, 0.2) is 60.8 Å². The molecular weight excluding hydrogens is 372 g/mol. The number of nitrogens with zero attached hydrogens (tertiary/aromatic N) is 2. The van der Waals surface area contributed by atoms with Crippen LogP contribution in [0.3, 0.4) is 0 Å². The minimum Gasteiger partial charge on any atom is -0.497 e. The van der Waals surface area contributed by atoms with E-state index < -0.39 is 6.10 Å². The largest absolute Gasteiger partial charge is 0.497 e. The van der Waals surface area contributed by atoms with E-state index in [0.29, 0.717) is 11.8 Å². The first-order valence-corrected chi connectivity index (χ1v) is 10.6. The van der Waals surface area contributed by atoms with Gasteiger partial charge in [0.2, 0.25) is 0 Å². The third-order valence-electron chi connectivity index (χ3n) is 6.64. The second-order valence-corrected chi connectivity index (χ2v) is 8.32. The Bertz CT molecular complexity index is 1100. The van der Waals surface area contributed by atoms with Crippen LogP contribution in [0.5, 0.6) is 5.75 Å². The molecule has 30 heavy (non-hydrogen) atoms. The predicted molar refractivity (Wildman–Crippen MR) is 118 cm³/mol. The molecular formula is C26H26N2O2. The molecule has 0 amide bonds. The summed E-state index contributed by atoms with van der Waals surface area (Å²) in [6, 6.07) is 18.1. The van der Waals surface area contributed by atoms with Crippen molar-refractivity contribution in [3.05, 3.63) is 71.9 Å². The Morgan fingerprint density at radius 1 is 1.17 bits per heavy atom. The summed E-state index contributed by atoms with van der Waals surface area (Å²) in [5.41, 5.74) is 2.89. The highest BCUT2D eigenvalue weighted by Gasteiger charge is 2.42. The van der Waals surface area contributed by atoms with Gasteiger partial charge in [-0.05, 0) is 67.3 Å². The summed E-state index contributed by atoms with van der Waals surface area (Å²) < 4.78 is 5.39. The lowest BCUT2D eigenvalue weighted by molar-refractivity contribution is -0.0425. The molecule has 1 N–H and O–H groups in total. The highest BCUT2D eigenvalue weighted by Crippen LogP contribution is 2.41. The minimum absolute atomic E-state index is 0.121. The maximum absolute atomic E-state index is 11.4. The minimum atomic E-state index is -0.548. The lowest BCUT2D eigenvalue weighted by atomic mass is 9.73. The Hall–Kier alpha value is -2.87. The zero-order valence-electron chi connectivity index (χ0n) is 17.2. The molecule has 1 aromatic heterocycles. The average molecular weight is 399 g/mol. The first-order chi connectivity index (χ1) is 14.7. The van der Waals surface area contributed by atoms with Crippen LogP contribution in [-0.4, -0.2) is 41.2 Å². The molecule has 6 rings (SSSR count). The van der Waals surface area contributed by atoms with Gasteiger partial charge in [0.05, 0.1) is 18.7 Å². The van der Waals surface area contributed by atoms with E-state index in [4.69, 9.17) is 4.74 Å². The molecule has 4 heteroatoms. The highest BCUT2D eigenvalue weighted by molar-refractivity contribution is 5.84. The van der Waals surface area contributed by atoms with Gasteiger partial charge < -0.3 is 9.84 Å². The van der Waals surface area contributed by atoms with Crippen LogP contribution in [0.2, 0.25) is 0 Å². The molecule has 3 fully saturated rings. The molecule has 5 atom stereocenters. The lowest BCUT2D eigenvalue weighted by Crippen LogP contribution is -2.55. The summed E-state index contributed by atoms with van der Waals surface area (Å²) >= 11 is 0. The normalized spacial score (nSPS) is 26.1. The van der Waals surface area contributed by atoms with Crippen LogP contribution < -0.4 is 4.74 Å². The Morgan fingerprint density at radius 2 is 2.03 bits per heavy atom. The molecule has 3 aliphatic rings. The Kier molecular flexibility index (Phi) is 5.16. The Morgan fingerprint density at radius 3 is 2.80 bits per heavy atom. The lowest BCUT2D eigenvalue weighted by Gasteiger charge is -2.50. The van der Waals surface area contributed by atoms with E-state index in [-0.39, 0.29) is 6.04 Å². The van der Waals surface area contributed by atoms with Crippen molar-refractivity contribution < 1.29 is 9.84 Å². The number of ether oxygens (including phenoxy) is 1. The molecule has 2 bridgehead atoms. The van der Waals surface area contributed by atoms with Gasteiger partial charge in [0.25, 0.3) is 0 Å². The fourth-order valence-corrected chi connectivity index (χ4v) is 5.00. The SMILES string of the molecule is COc1ccc2nccc([C@H](O)[C@H]3C[C@@H]4CCN3C[C@@H]4C#Cc3ccccc3)c2c1. The monoisotopic (exact) mass is 398 g/mol. The van der Waals surface area contributed by atoms with Gasteiger partial charge in [-0.2, -0.15) is 0 Å². The molecule has 152 valence electrons. The van der Waals surface area contributed by atoms with E-state index in [1.165, 1.54) is 0 Å². The molecule has 0 spiro atoms. The van der Waals surface area contributed by atoms with Gasteiger partial charge in [-0.3, -0.25) is 9.88 Å². The van der Waals surface area contributed by atoms with Crippen LogP contribution >= 0.6 is 0 Å². The summed E-state index contributed by atoms with van der Waals surface area (Å²) in [5.74, 6) is 8.55. The molecule has 3 saturated heterocycles. The van der Waals surface area contributed by atoms with Crippen molar-refractivity contribution >= 4 is 10.9 Å². The second-order valence-electron chi connectivity index (χ2n) is 8.32. The zero-order chi connectivity index (χ0) is 20.5. The van der Waals surface area contributed by atoms with Gasteiger partial charge in [-0.1, -0.05) is 30.0 Å². The molecule has 0 aliphatic carbocycles. The van der Waals surface area contributed by atoms with Crippen molar-refractivity contribution in [3.63, 3.8) is 0 Å². The number of benzene rings is 2. The molecule has 0 radical (unpaired) electrons. The number of aromatic nitrogens is 1. The number of piperidine rings is 3. The number of methoxy groups -OCH3 is 1. The number of aliphatic hydroxyl groups excluding tert-OH is 1. The van der Waals surface area contributed by atoms with Crippen molar-refractivity contribution in [2.45, 2.75) is 25.0 Å². The highest BCUT2D eigenvalue weighted by atomic mass is 16.5. The van der Waals surface area contributed by atoms with Crippen LogP contribution in [0, 0.1) is 23.7 Å². The molecule has 2 aromatic carbocycles. The maximum Gasteiger partial charge on any atom is 0.119 e. The van der Waals surface area contributed by atoms with Crippen molar-refractivity contribution in [2.24, 2.45) is 11.8 Å². The predicted octanol–water partition coefficient (Wildman–Crippen LogP) is 4.04. The second kappa shape index (κ2) is 8.10. The number of pyridine rings is 1. The Balaban J connectivity index is 1.38. The third-order valence-corrected chi connectivity index (χ3v) is 6.64. The van der Waals surface area contributed by atoms with E-state index in [9.17, 15) is 5.11 Å². The van der Waals surface area contributed by atoms with Gasteiger partial charge in [-0.25, -0.2) is 0 Å². The zero-order valence-corrected chi connectivity index (χ0v) is 17.2. The number of fused-ring (bicyclic) bond motifs is 4. The van der Waals surface area contributed by atoms with Crippen LogP contribution in [0.4, 0.5) is 0 Å². The Labute approximate surface area is 177 Å². The van der Waals surface area contributed by atoms with Gasteiger partial charge in [0.1, 0.15) is 5.75 Å².